The second-order valence-electron chi connectivity index (χ2n) is 8.75. The van der Waals surface area contributed by atoms with E-state index in [1.54, 1.807) is 0 Å². The Morgan fingerprint density at radius 3 is 1.64 bits per heavy atom. The Kier molecular flexibility index (Phi) is 10.2. The average Bonchev–Trinajstić information content (AvgIpc) is 2.64. The molecule has 2 radical (unpaired) electrons. The van der Waals surface area contributed by atoms with Gasteiger partial charge in [-0.25, -0.2) is 0 Å². The van der Waals surface area contributed by atoms with Gasteiger partial charge in [0.05, 0.1) is 0 Å². The summed E-state index contributed by atoms with van der Waals surface area (Å²) in [5.74, 6) is 2.68. The molecule has 0 saturated heterocycles. The van der Waals surface area contributed by atoms with Crippen molar-refractivity contribution in [1.29, 1.82) is 0 Å². The Morgan fingerprint density at radius 2 is 1.16 bits per heavy atom. The molecule has 0 aromatic carbocycles. The van der Waals surface area contributed by atoms with Gasteiger partial charge in [-0.1, -0.05) is 70.6 Å². The van der Waals surface area contributed by atoms with Crippen LogP contribution in [0.5, 0.6) is 0 Å². The zero-order valence-electron chi connectivity index (χ0n) is 16.4. The van der Waals surface area contributed by atoms with Crippen LogP contribution in [0.2, 0.25) is 0 Å². The molecule has 25 heavy (non-hydrogen) atoms. The summed E-state index contributed by atoms with van der Waals surface area (Å²) in [5.41, 5.74) is 0. The van der Waals surface area contributed by atoms with Gasteiger partial charge in [0.1, 0.15) is 6.10 Å². The van der Waals surface area contributed by atoms with E-state index in [0.717, 1.165) is 37.0 Å². The molecule has 3 aliphatic carbocycles. The zero-order valence-corrected chi connectivity index (χ0v) is 20.4. The molecule has 144 valence electrons. The van der Waals surface area contributed by atoms with Crippen LogP contribution >= 0.6 is 0 Å². The minimum absolute atomic E-state index is 0. The summed E-state index contributed by atoms with van der Waals surface area (Å²) in [6.07, 6.45) is 22.2. The second-order valence-corrected chi connectivity index (χ2v) is 8.75. The molecule has 0 aromatic heterocycles. The fourth-order valence-corrected chi connectivity index (χ4v) is 5.69. The van der Waals surface area contributed by atoms with Crippen LogP contribution in [0.3, 0.4) is 0 Å². The summed E-state index contributed by atoms with van der Waals surface area (Å²) in [7, 11) is 0. The van der Waals surface area contributed by atoms with Gasteiger partial charge in [0, 0.05) is 6.42 Å². The van der Waals surface area contributed by atoms with Crippen molar-refractivity contribution in [2.75, 3.05) is 0 Å². The van der Waals surface area contributed by atoms with E-state index < -0.39 is 0 Å². The van der Waals surface area contributed by atoms with Crippen LogP contribution < -0.4 is 0 Å². The standard InChI is InChI=1S/C22H38O2.Sn.2H/c23-22(24-20-14-8-3-9-15-20)17-16-21(18-10-4-1-5-11-18)19-12-6-2-7-13-19;;;/h18-21H,1-17H2;;;. The second kappa shape index (κ2) is 11.9. The third-order valence-electron chi connectivity index (χ3n) is 7.04. The van der Waals surface area contributed by atoms with Crippen molar-refractivity contribution in [3.8, 4) is 0 Å². The minimum atomic E-state index is 0. The number of carbonyl (C=O) groups is 1. The van der Waals surface area contributed by atoms with Gasteiger partial charge in [-0.05, 0) is 49.9 Å². The molecule has 3 rings (SSSR count). The van der Waals surface area contributed by atoms with Crippen molar-refractivity contribution in [1.82, 2.24) is 0 Å². The van der Waals surface area contributed by atoms with E-state index in [-0.39, 0.29) is 36.0 Å². The summed E-state index contributed by atoms with van der Waals surface area (Å²) >= 11 is 0. The van der Waals surface area contributed by atoms with E-state index in [1.165, 1.54) is 83.5 Å². The van der Waals surface area contributed by atoms with E-state index >= 15 is 0 Å². The molecule has 0 aliphatic heterocycles. The van der Waals surface area contributed by atoms with E-state index in [2.05, 4.69) is 0 Å². The molecule has 0 spiro atoms. The molecule has 3 saturated carbocycles. The van der Waals surface area contributed by atoms with Crippen LogP contribution in [0.15, 0.2) is 0 Å². The Morgan fingerprint density at radius 1 is 0.720 bits per heavy atom. The first-order valence-electron chi connectivity index (χ1n) is 11.0. The summed E-state index contributed by atoms with van der Waals surface area (Å²) in [6, 6.07) is 0. The van der Waals surface area contributed by atoms with Crippen LogP contribution in [0.25, 0.3) is 0 Å². The number of hydrogen-bond donors (Lipinski definition) is 0. The maximum absolute atomic E-state index is 12.4. The predicted molar refractivity (Wildman–Crippen MR) is 107 cm³/mol. The van der Waals surface area contributed by atoms with Gasteiger partial charge in [0.25, 0.3) is 0 Å². The summed E-state index contributed by atoms with van der Waals surface area (Å²) < 4.78 is 5.78. The first-order chi connectivity index (χ1) is 11.8. The van der Waals surface area contributed by atoms with Crippen LogP contribution in [-0.2, 0) is 9.53 Å². The molecule has 3 aliphatic rings. The molecule has 0 bridgehead atoms. The number of carbonyl (C=O) groups excluding carboxylic acids is 1. The van der Waals surface area contributed by atoms with Crippen LogP contribution in [-0.4, -0.2) is 36.0 Å². The Labute approximate surface area is 172 Å². The summed E-state index contributed by atoms with van der Waals surface area (Å²) in [6.45, 7) is 0. The van der Waals surface area contributed by atoms with Gasteiger partial charge < -0.3 is 4.74 Å². The normalized spacial score (nSPS) is 24.0. The molecule has 0 heterocycles. The quantitative estimate of drug-likeness (QED) is 0.391. The molecule has 0 atom stereocenters. The van der Waals surface area contributed by atoms with Gasteiger partial charge in [-0.3, -0.25) is 4.79 Å². The van der Waals surface area contributed by atoms with E-state index in [0.29, 0.717) is 6.42 Å². The van der Waals surface area contributed by atoms with Crippen molar-refractivity contribution in [3.63, 3.8) is 0 Å². The van der Waals surface area contributed by atoms with Crippen molar-refractivity contribution in [2.45, 2.75) is 115 Å². The van der Waals surface area contributed by atoms with E-state index in [4.69, 9.17) is 4.74 Å². The molecular weight excluding hydrogens is 415 g/mol. The zero-order chi connectivity index (χ0) is 16.6. The van der Waals surface area contributed by atoms with E-state index in [9.17, 15) is 4.79 Å². The third-order valence-corrected chi connectivity index (χ3v) is 7.04. The van der Waals surface area contributed by atoms with Gasteiger partial charge in [0.2, 0.25) is 0 Å². The first-order valence-corrected chi connectivity index (χ1v) is 11.0. The Hall–Kier alpha value is 0.269. The fraction of sp³-hybridized carbons (Fsp3) is 0.955. The van der Waals surface area contributed by atoms with Crippen LogP contribution in [0.1, 0.15) is 109 Å². The van der Waals surface area contributed by atoms with Gasteiger partial charge in [-0.2, -0.15) is 0 Å². The van der Waals surface area contributed by atoms with Crippen molar-refractivity contribution >= 4 is 29.9 Å². The topological polar surface area (TPSA) is 26.3 Å². The molecule has 2 nitrogen and oxygen atoms in total. The van der Waals surface area contributed by atoms with Gasteiger partial charge in [-0.15, -0.1) is 0 Å². The van der Waals surface area contributed by atoms with Gasteiger partial charge in [0.15, 0.2) is 0 Å². The van der Waals surface area contributed by atoms with Crippen molar-refractivity contribution in [3.05, 3.63) is 0 Å². The molecule has 3 heteroatoms. The van der Waals surface area contributed by atoms with Crippen molar-refractivity contribution in [2.24, 2.45) is 17.8 Å². The number of ether oxygens (including phenoxy) is 1. The monoisotopic (exact) mass is 456 g/mol. The number of rotatable bonds is 6. The van der Waals surface area contributed by atoms with Crippen LogP contribution in [0, 0.1) is 17.8 Å². The molecule has 0 unspecified atom stereocenters. The average molecular weight is 455 g/mol. The predicted octanol–water partition coefficient (Wildman–Crippen LogP) is 5.50. The van der Waals surface area contributed by atoms with Crippen molar-refractivity contribution < 1.29 is 9.53 Å². The Bertz CT molecular complexity index is 348. The summed E-state index contributed by atoms with van der Waals surface area (Å²) in [5, 5.41) is 0. The van der Waals surface area contributed by atoms with Crippen LogP contribution in [0.4, 0.5) is 0 Å². The fourth-order valence-electron chi connectivity index (χ4n) is 5.69. The molecule has 0 aromatic rings. The number of hydrogen-bond acceptors (Lipinski definition) is 2. The number of esters is 1. The first kappa shape index (κ1) is 21.6. The SMILES string of the molecule is O=C(CCC(C1CCCCC1)C1CCCCC1)OC1CCCCC1.[SnH2]. The molecule has 0 N–H and O–H groups in total. The molecule has 3 fully saturated rings. The third kappa shape index (κ3) is 7.07. The van der Waals surface area contributed by atoms with Gasteiger partial charge >= 0.3 is 29.9 Å². The maximum atomic E-state index is 12.4. The Balaban J connectivity index is 0.00000225. The molecule has 0 amide bonds. The van der Waals surface area contributed by atoms with E-state index in [1.807, 2.05) is 0 Å². The molecular formula is C22H40O2Sn. The summed E-state index contributed by atoms with van der Waals surface area (Å²) in [4.78, 5) is 12.4.